The number of rotatable bonds is 9. The number of ether oxygens (including phenoxy) is 1. The molecule has 2 rings (SSSR count). The van der Waals surface area contributed by atoms with Crippen molar-refractivity contribution in [2.75, 3.05) is 11.9 Å². The summed E-state index contributed by atoms with van der Waals surface area (Å²) < 4.78 is 5.96. The Morgan fingerprint density at radius 3 is 2.64 bits per heavy atom. The van der Waals surface area contributed by atoms with Gasteiger partial charge in [-0.15, -0.1) is 0 Å². The van der Waals surface area contributed by atoms with Crippen LogP contribution in [0.15, 0.2) is 48.5 Å². The van der Waals surface area contributed by atoms with Gasteiger partial charge < -0.3 is 10.1 Å². The Morgan fingerprint density at radius 1 is 0.955 bits per heavy atom. The molecule has 0 saturated heterocycles. The van der Waals surface area contributed by atoms with E-state index in [1.165, 1.54) is 30.4 Å². The van der Waals surface area contributed by atoms with Crippen molar-refractivity contribution in [2.45, 2.75) is 46.1 Å². The summed E-state index contributed by atoms with van der Waals surface area (Å²) in [6.45, 7) is 5.93. The first kappa shape index (κ1) is 16.4. The molecule has 0 amide bonds. The Kier molecular flexibility index (Phi) is 6.82. The number of hydrogen-bond donors (Lipinski definition) is 1. The minimum absolute atomic E-state index is 0.786. The molecule has 0 aliphatic carbocycles. The van der Waals surface area contributed by atoms with E-state index >= 15 is 0 Å². The third kappa shape index (κ3) is 5.44. The van der Waals surface area contributed by atoms with E-state index in [9.17, 15) is 0 Å². The molecule has 1 N–H and O–H groups in total. The first-order valence-corrected chi connectivity index (χ1v) is 8.31. The average molecular weight is 297 g/mol. The van der Waals surface area contributed by atoms with Crippen LogP contribution >= 0.6 is 0 Å². The summed E-state index contributed by atoms with van der Waals surface area (Å²) >= 11 is 0. The highest BCUT2D eigenvalue weighted by atomic mass is 16.5. The number of hydrogen-bond acceptors (Lipinski definition) is 2. The molecule has 0 heterocycles. The van der Waals surface area contributed by atoms with E-state index in [2.05, 4.69) is 61.6 Å². The maximum atomic E-state index is 5.96. The van der Waals surface area contributed by atoms with Gasteiger partial charge in [-0.3, -0.25) is 0 Å². The fourth-order valence-corrected chi connectivity index (χ4v) is 2.45. The predicted octanol–water partition coefficient (Wildman–Crippen LogP) is 5.57. The maximum absolute atomic E-state index is 5.96. The zero-order chi connectivity index (χ0) is 15.6. The number of para-hydroxylation sites is 1. The quantitative estimate of drug-likeness (QED) is 0.611. The molecule has 0 spiro atoms. The number of unbranched alkanes of at least 4 members (excludes halogenated alkanes) is 3. The Balaban J connectivity index is 1.87. The van der Waals surface area contributed by atoms with Crippen LogP contribution in [0.25, 0.3) is 0 Å². The molecule has 0 aliphatic heterocycles. The van der Waals surface area contributed by atoms with Gasteiger partial charge in [0.25, 0.3) is 0 Å². The zero-order valence-electron chi connectivity index (χ0n) is 13.8. The second-order valence-corrected chi connectivity index (χ2v) is 5.74. The molecule has 0 atom stereocenters. The Bertz CT molecular complexity index is 565. The lowest BCUT2D eigenvalue weighted by Crippen LogP contribution is -2.04. The normalized spacial score (nSPS) is 10.5. The van der Waals surface area contributed by atoms with Gasteiger partial charge in [-0.2, -0.15) is 0 Å². The van der Waals surface area contributed by atoms with Crippen molar-refractivity contribution in [3.63, 3.8) is 0 Å². The van der Waals surface area contributed by atoms with Crippen LogP contribution < -0.4 is 10.1 Å². The van der Waals surface area contributed by atoms with Gasteiger partial charge in [0.05, 0.1) is 6.61 Å². The molecular formula is C20H27NO. The molecule has 0 fully saturated rings. The highest BCUT2D eigenvalue weighted by molar-refractivity contribution is 5.47. The summed E-state index contributed by atoms with van der Waals surface area (Å²) in [5, 5.41) is 3.47. The minimum Gasteiger partial charge on any atom is -0.493 e. The summed E-state index contributed by atoms with van der Waals surface area (Å²) in [5.74, 6) is 0.999. The van der Waals surface area contributed by atoms with Gasteiger partial charge in [-0.25, -0.2) is 0 Å². The molecule has 0 aromatic heterocycles. The molecule has 118 valence electrons. The molecule has 0 radical (unpaired) electrons. The number of anilines is 1. The third-order valence-electron chi connectivity index (χ3n) is 3.73. The number of benzene rings is 2. The molecule has 2 heteroatoms. The minimum atomic E-state index is 0.786. The van der Waals surface area contributed by atoms with Crippen molar-refractivity contribution in [3.8, 4) is 5.75 Å². The molecule has 2 aromatic rings. The average Bonchev–Trinajstić information content (AvgIpc) is 2.54. The Labute approximate surface area is 134 Å². The number of aryl methyl sites for hydroxylation is 1. The standard InChI is InChI=1S/C20H27NO/c1-3-4-5-8-14-22-20-13-7-6-11-18(20)16-21-19-12-9-10-17(2)15-19/h6-7,9-13,15,21H,3-5,8,14,16H2,1-2H3. The molecule has 0 saturated carbocycles. The van der Waals surface area contributed by atoms with Crippen LogP contribution in [-0.2, 0) is 6.54 Å². The summed E-state index contributed by atoms with van der Waals surface area (Å²) in [4.78, 5) is 0. The summed E-state index contributed by atoms with van der Waals surface area (Å²) in [5.41, 5.74) is 3.63. The predicted molar refractivity (Wildman–Crippen MR) is 94.6 cm³/mol. The van der Waals surface area contributed by atoms with Crippen LogP contribution in [0.4, 0.5) is 5.69 Å². The second kappa shape index (κ2) is 9.14. The van der Waals surface area contributed by atoms with Crippen molar-refractivity contribution in [1.29, 1.82) is 0 Å². The first-order valence-electron chi connectivity index (χ1n) is 8.31. The van der Waals surface area contributed by atoms with Crippen molar-refractivity contribution in [1.82, 2.24) is 0 Å². The second-order valence-electron chi connectivity index (χ2n) is 5.74. The van der Waals surface area contributed by atoms with Crippen molar-refractivity contribution < 1.29 is 4.74 Å². The molecule has 0 bridgehead atoms. The van der Waals surface area contributed by atoms with E-state index < -0.39 is 0 Å². The fraction of sp³-hybridized carbons (Fsp3) is 0.400. The molecule has 0 unspecified atom stereocenters. The van der Waals surface area contributed by atoms with E-state index in [4.69, 9.17) is 4.74 Å². The Hall–Kier alpha value is -1.96. The molecular weight excluding hydrogens is 270 g/mol. The van der Waals surface area contributed by atoms with Gasteiger partial charge >= 0.3 is 0 Å². The van der Waals surface area contributed by atoms with Gasteiger partial charge in [0.2, 0.25) is 0 Å². The highest BCUT2D eigenvalue weighted by Crippen LogP contribution is 2.20. The monoisotopic (exact) mass is 297 g/mol. The van der Waals surface area contributed by atoms with Gasteiger partial charge in [0.1, 0.15) is 5.75 Å². The smallest absolute Gasteiger partial charge is 0.124 e. The lowest BCUT2D eigenvalue weighted by molar-refractivity contribution is 0.302. The van der Waals surface area contributed by atoms with Crippen LogP contribution in [0.1, 0.15) is 43.7 Å². The van der Waals surface area contributed by atoms with Crippen molar-refractivity contribution >= 4 is 5.69 Å². The molecule has 2 nitrogen and oxygen atoms in total. The first-order chi connectivity index (χ1) is 10.8. The van der Waals surface area contributed by atoms with Gasteiger partial charge in [-0.1, -0.05) is 56.5 Å². The fourth-order valence-electron chi connectivity index (χ4n) is 2.45. The van der Waals surface area contributed by atoms with Gasteiger partial charge in [0, 0.05) is 17.8 Å². The van der Waals surface area contributed by atoms with Gasteiger partial charge in [-0.05, 0) is 37.1 Å². The topological polar surface area (TPSA) is 21.3 Å². The van der Waals surface area contributed by atoms with E-state index in [0.29, 0.717) is 0 Å². The van der Waals surface area contributed by atoms with Crippen molar-refractivity contribution in [2.24, 2.45) is 0 Å². The van der Waals surface area contributed by atoms with Crippen LogP contribution in [0.2, 0.25) is 0 Å². The molecule has 22 heavy (non-hydrogen) atoms. The Morgan fingerprint density at radius 2 is 1.82 bits per heavy atom. The van der Waals surface area contributed by atoms with Crippen LogP contribution in [0.3, 0.4) is 0 Å². The lowest BCUT2D eigenvalue weighted by atomic mass is 10.1. The molecule has 2 aromatic carbocycles. The van der Waals surface area contributed by atoms with Crippen LogP contribution in [0, 0.1) is 6.92 Å². The van der Waals surface area contributed by atoms with Crippen LogP contribution in [0.5, 0.6) is 5.75 Å². The summed E-state index contributed by atoms with van der Waals surface area (Å²) in [7, 11) is 0. The third-order valence-corrected chi connectivity index (χ3v) is 3.73. The van der Waals surface area contributed by atoms with E-state index in [1.54, 1.807) is 0 Å². The van der Waals surface area contributed by atoms with Crippen LogP contribution in [-0.4, -0.2) is 6.61 Å². The van der Waals surface area contributed by atoms with E-state index in [0.717, 1.165) is 31.0 Å². The zero-order valence-corrected chi connectivity index (χ0v) is 13.8. The number of nitrogens with one attached hydrogen (secondary N) is 1. The SMILES string of the molecule is CCCCCCOc1ccccc1CNc1cccc(C)c1. The van der Waals surface area contributed by atoms with E-state index in [1.807, 2.05) is 6.07 Å². The highest BCUT2D eigenvalue weighted by Gasteiger charge is 2.03. The van der Waals surface area contributed by atoms with Gasteiger partial charge in [0.15, 0.2) is 0 Å². The largest absolute Gasteiger partial charge is 0.493 e. The lowest BCUT2D eigenvalue weighted by Gasteiger charge is -2.13. The van der Waals surface area contributed by atoms with E-state index in [-0.39, 0.29) is 0 Å². The summed E-state index contributed by atoms with van der Waals surface area (Å²) in [6.07, 6.45) is 4.94. The maximum Gasteiger partial charge on any atom is 0.124 e. The summed E-state index contributed by atoms with van der Waals surface area (Å²) in [6, 6.07) is 16.7. The van der Waals surface area contributed by atoms with Crippen molar-refractivity contribution in [3.05, 3.63) is 59.7 Å². The molecule has 0 aliphatic rings.